The molecule has 0 aliphatic heterocycles. The van der Waals surface area contributed by atoms with Crippen molar-refractivity contribution in [2.75, 3.05) is 0 Å². The molecule has 0 radical (unpaired) electrons. The molecule has 140 valence electrons. The molecule has 4 aromatic rings. The summed E-state index contributed by atoms with van der Waals surface area (Å²) in [6.07, 6.45) is 2.97. The minimum atomic E-state index is 1.00. The third kappa shape index (κ3) is 5.59. The van der Waals surface area contributed by atoms with Gasteiger partial charge in [0.2, 0.25) is 0 Å². The highest BCUT2D eigenvalue weighted by Crippen LogP contribution is 2.25. The van der Waals surface area contributed by atoms with E-state index in [0.29, 0.717) is 0 Å². The van der Waals surface area contributed by atoms with E-state index in [0.717, 1.165) is 5.58 Å². The van der Waals surface area contributed by atoms with Crippen molar-refractivity contribution in [1.82, 2.24) is 0 Å². The van der Waals surface area contributed by atoms with Crippen LogP contribution in [0, 0.1) is 20.8 Å². The lowest BCUT2D eigenvalue weighted by molar-refractivity contribution is 0.613. The zero-order valence-electron chi connectivity index (χ0n) is 17.1. The normalized spacial score (nSPS) is 9.81. The molecule has 1 aromatic heterocycles. The number of hydrogen-bond acceptors (Lipinski definition) is 1. The minimum Gasteiger partial charge on any atom is -0.464 e. The average Bonchev–Trinajstić information content (AvgIpc) is 3.14. The van der Waals surface area contributed by atoms with Crippen molar-refractivity contribution < 1.29 is 4.42 Å². The number of hydrogen-bond donors (Lipinski definition) is 0. The first-order valence-electron chi connectivity index (χ1n) is 9.62. The van der Waals surface area contributed by atoms with Crippen LogP contribution in [0.1, 0.15) is 37.0 Å². The summed E-state index contributed by atoms with van der Waals surface area (Å²) in [5.41, 5.74) is 7.55. The zero-order valence-corrected chi connectivity index (χ0v) is 17.1. The fourth-order valence-electron chi connectivity index (χ4n) is 2.89. The molecule has 0 bridgehead atoms. The number of fused-ring (bicyclic) bond motifs is 1. The molecule has 0 saturated heterocycles. The first kappa shape index (κ1) is 20.5. The summed E-state index contributed by atoms with van der Waals surface area (Å²) in [6.45, 7) is 10.6. The Balaban J connectivity index is 0.000000176. The summed E-state index contributed by atoms with van der Waals surface area (Å²) in [6, 6.07) is 25.1. The van der Waals surface area contributed by atoms with Crippen LogP contribution in [-0.4, -0.2) is 0 Å². The Hall–Kier alpha value is -2.80. The Bertz CT molecular complexity index is 919. The maximum absolute atomic E-state index is 5.25. The Kier molecular flexibility index (Phi) is 7.88. The van der Waals surface area contributed by atoms with Crippen LogP contribution in [0.25, 0.3) is 22.1 Å². The smallest absolute Gasteiger partial charge is 0.136 e. The van der Waals surface area contributed by atoms with E-state index in [1.807, 2.05) is 31.2 Å². The molecule has 4 rings (SSSR count). The molecule has 0 aliphatic carbocycles. The topological polar surface area (TPSA) is 13.1 Å². The van der Waals surface area contributed by atoms with Gasteiger partial charge in [0.1, 0.15) is 5.58 Å². The van der Waals surface area contributed by atoms with Gasteiger partial charge in [0.15, 0.2) is 0 Å². The van der Waals surface area contributed by atoms with Crippen molar-refractivity contribution in [3.63, 3.8) is 0 Å². The van der Waals surface area contributed by atoms with Gasteiger partial charge in [0.05, 0.1) is 6.26 Å². The predicted molar refractivity (Wildman–Crippen MR) is 118 cm³/mol. The molecule has 0 N–H and O–H groups in total. The summed E-state index contributed by atoms with van der Waals surface area (Å²) in [5.74, 6) is 0. The third-order valence-corrected chi connectivity index (χ3v) is 4.26. The van der Waals surface area contributed by atoms with Crippen LogP contribution in [0.3, 0.4) is 0 Å². The maximum Gasteiger partial charge on any atom is 0.136 e. The molecule has 0 amide bonds. The van der Waals surface area contributed by atoms with Gasteiger partial charge in [-0.3, -0.25) is 0 Å². The van der Waals surface area contributed by atoms with Crippen molar-refractivity contribution in [3.8, 4) is 11.1 Å². The monoisotopic (exact) mass is 358 g/mol. The van der Waals surface area contributed by atoms with E-state index >= 15 is 0 Å². The molecular formula is C26H30O. The summed E-state index contributed by atoms with van der Waals surface area (Å²) < 4.78 is 5.25. The molecule has 1 heterocycles. The second-order valence-electron chi connectivity index (χ2n) is 6.75. The Morgan fingerprint density at radius 2 is 1.07 bits per heavy atom. The second-order valence-corrected chi connectivity index (χ2v) is 6.75. The van der Waals surface area contributed by atoms with Crippen molar-refractivity contribution in [3.05, 3.63) is 95.7 Å². The Labute approximate surface area is 163 Å². The average molecular weight is 359 g/mol. The first-order chi connectivity index (χ1) is 13.1. The highest BCUT2D eigenvalue weighted by Gasteiger charge is 2.02. The summed E-state index contributed by atoms with van der Waals surface area (Å²) in [7, 11) is 0. The van der Waals surface area contributed by atoms with E-state index in [1.165, 1.54) is 39.6 Å². The van der Waals surface area contributed by atoms with Gasteiger partial charge >= 0.3 is 0 Å². The molecule has 1 nitrogen and oxygen atoms in total. The molecule has 0 atom stereocenters. The number of aryl methyl sites for hydroxylation is 3. The van der Waals surface area contributed by atoms with E-state index in [2.05, 4.69) is 76.2 Å². The molecule has 1 heteroatoms. The number of rotatable bonds is 1. The molecule has 0 fully saturated rings. The molecule has 0 unspecified atom stereocenters. The van der Waals surface area contributed by atoms with Crippen molar-refractivity contribution >= 4 is 11.0 Å². The van der Waals surface area contributed by atoms with Gasteiger partial charge in [0.25, 0.3) is 0 Å². The van der Waals surface area contributed by atoms with Crippen molar-refractivity contribution in [1.29, 1.82) is 0 Å². The molecule has 0 saturated carbocycles. The van der Waals surface area contributed by atoms with Gasteiger partial charge in [-0.25, -0.2) is 0 Å². The SMILES string of the molecule is CCC.Cc1cccc2ccoc12.Cc1ccccc1-c1ccccc1C. The van der Waals surface area contributed by atoms with Crippen LogP contribution in [0.15, 0.2) is 83.5 Å². The van der Waals surface area contributed by atoms with Crippen LogP contribution >= 0.6 is 0 Å². The molecular weight excluding hydrogens is 328 g/mol. The van der Waals surface area contributed by atoms with Gasteiger partial charge in [-0.2, -0.15) is 0 Å². The van der Waals surface area contributed by atoms with Crippen LogP contribution in [0.2, 0.25) is 0 Å². The Morgan fingerprint density at radius 1 is 0.593 bits per heavy atom. The number of furan rings is 1. The van der Waals surface area contributed by atoms with Crippen LogP contribution in [0.5, 0.6) is 0 Å². The highest BCUT2D eigenvalue weighted by molar-refractivity contribution is 5.79. The van der Waals surface area contributed by atoms with Gasteiger partial charge in [-0.05, 0) is 54.7 Å². The quantitative estimate of drug-likeness (QED) is 0.335. The standard InChI is InChI=1S/C14H14.C9H8O.C3H8/c1-11-7-3-5-9-13(11)14-10-6-4-8-12(14)2;1-7-3-2-4-8-5-6-10-9(7)8;1-3-2/h3-10H,1-2H3;2-6H,1H3;3H2,1-2H3. The van der Waals surface area contributed by atoms with Gasteiger partial charge in [-0.15, -0.1) is 0 Å². The molecule has 0 aliphatic rings. The summed E-state index contributed by atoms with van der Waals surface area (Å²) in [4.78, 5) is 0. The molecule has 27 heavy (non-hydrogen) atoms. The van der Waals surface area contributed by atoms with Gasteiger partial charge in [-0.1, -0.05) is 87.0 Å². The third-order valence-electron chi connectivity index (χ3n) is 4.26. The maximum atomic E-state index is 5.25. The van der Waals surface area contributed by atoms with Crippen LogP contribution < -0.4 is 0 Å². The Morgan fingerprint density at radius 3 is 1.56 bits per heavy atom. The predicted octanol–water partition coefficient (Wildman–Crippen LogP) is 8.13. The fraction of sp³-hybridized carbons (Fsp3) is 0.231. The van der Waals surface area contributed by atoms with E-state index in [1.54, 1.807) is 6.26 Å². The molecule has 3 aromatic carbocycles. The zero-order chi connectivity index (χ0) is 19.6. The summed E-state index contributed by atoms with van der Waals surface area (Å²) in [5, 5.41) is 1.18. The van der Waals surface area contributed by atoms with E-state index in [9.17, 15) is 0 Å². The van der Waals surface area contributed by atoms with Crippen molar-refractivity contribution in [2.45, 2.75) is 41.0 Å². The van der Waals surface area contributed by atoms with E-state index < -0.39 is 0 Å². The fourth-order valence-corrected chi connectivity index (χ4v) is 2.89. The van der Waals surface area contributed by atoms with Crippen molar-refractivity contribution in [2.24, 2.45) is 0 Å². The second kappa shape index (κ2) is 10.4. The van der Waals surface area contributed by atoms with E-state index in [4.69, 9.17) is 4.42 Å². The van der Waals surface area contributed by atoms with Gasteiger partial charge in [0, 0.05) is 5.39 Å². The lowest BCUT2D eigenvalue weighted by Crippen LogP contribution is -1.85. The van der Waals surface area contributed by atoms with Gasteiger partial charge < -0.3 is 4.42 Å². The minimum absolute atomic E-state index is 1.00. The first-order valence-corrected chi connectivity index (χ1v) is 9.62. The largest absolute Gasteiger partial charge is 0.464 e. The highest BCUT2D eigenvalue weighted by atomic mass is 16.3. The van der Waals surface area contributed by atoms with E-state index in [-0.39, 0.29) is 0 Å². The van der Waals surface area contributed by atoms with Crippen LogP contribution in [-0.2, 0) is 0 Å². The number of para-hydroxylation sites is 1. The lowest BCUT2D eigenvalue weighted by Gasteiger charge is -2.08. The lowest BCUT2D eigenvalue weighted by atomic mass is 9.97. The summed E-state index contributed by atoms with van der Waals surface area (Å²) >= 11 is 0. The number of benzene rings is 3. The van der Waals surface area contributed by atoms with Crippen LogP contribution in [0.4, 0.5) is 0 Å². The molecule has 0 spiro atoms.